The third-order valence-electron chi connectivity index (χ3n) is 5.78. The first kappa shape index (κ1) is 20.5. The number of esters is 1. The van der Waals surface area contributed by atoms with Crippen molar-refractivity contribution in [3.63, 3.8) is 0 Å². The van der Waals surface area contributed by atoms with Gasteiger partial charge in [0, 0.05) is 18.4 Å². The molecule has 0 radical (unpaired) electrons. The first-order valence-corrected chi connectivity index (χ1v) is 10.1. The van der Waals surface area contributed by atoms with E-state index in [1.807, 2.05) is 19.1 Å². The fraction of sp³-hybridized carbons (Fsp3) is 0.591. The Morgan fingerprint density at radius 2 is 2.00 bits per heavy atom. The summed E-state index contributed by atoms with van der Waals surface area (Å²) in [5.41, 5.74) is 2.65. The molecule has 0 aromatic heterocycles. The van der Waals surface area contributed by atoms with Gasteiger partial charge in [0.05, 0.1) is 24.3 Å². The number of ketones is 1. The van der Waals surface area contributed by atoms with Crippen LogP contribution in [-0.2, 0) is 19.2 Å². The van der Waals surface area contributed by atoms with Gasteiger partial charge in [-0.25, -0.2) is 0 Å². The molecule has 152 valence electrons. The molecule has 0 saturated carbocycles. The number of piperidine rings is 1. The number of aryl methyl sites for hydroxylation is 1. The summed E-state index contributed by atoms with van der Waals surface area (Å²) in [6.45, 7) is 7.75. The molecule has 2 aliphatic rings. The summed E-state index contributed by atoms with van der Waals surface area (Å²) in [5.74, 6) is 0.00412. The van der Waals surface area contributed by atoms with Crippen LogP contribution in [0.1, 0.15) is 50.7 Å². The highest BCUT2D eigenvalue weighted by atomic mass is 16.6. The summed E-state index contributed by atoms with van der Waals surface area (Å²) >= 11 is 0. The van der Waals surface area contributed by atoms with E-state index in [-0.39, 0.29) is 17.9 Å². The number of likely N-dealkylation sites (tertiary alicyclic amines) is 1. The molecule has 0 aliphatic carbocycles. The molecule has 6 heteroatoms. The highest BCUT2D eigenvalue weighted by Gasteiger charge is 2.46. The number of hydrogen-bond acceptors (Lipinski definition) is 6. The van der Waals surface area contributed by atoms with Crippen LogP contribution in [0.15, 0.2) is 29.4 Å². The van der Waals surface area contributed by atoms with Gasteiger partial charge in [-0.3, -0.25) is 14.5 Å². The highest BCUT2D eigenvalue weighted by molar-refractivity contribution is 6.02. The minimum atomic E-state index is -0.565. The fourth-order valence-electron chi connectivity index (χ4n) is 4.26. The molecule has 1 fully saturated rings. The van der Waals surface area contributed by atoms with E-state index in [2.05, 4.69) is 29.1 Å². The number of Topliss-reactive ketones (excluding diaryl/α,β-unsaturated/α-hetero) is 1. The molecule has 1 saturated heterocycles. The van der Waals surface area contributed by atoms with Crippen LogP contribution in [0.5, 0.6) is 0 Å². The minimum absolute atomic E-state index is 0.127. The van der Waals surface area contributed by atoms with Crippen molar-refractivity contribution in [1.29, 1.82) is 0 Å². The van der Waals surface area contributed by atoms with Crippen LogP contribution in [0, 0.1) is 12.3 Å². The van der Waals surface area contributed by atoms with Crippen molar-refractivity contribution < 1.29 is 19.2 Å². The molecular weight excluding hydrogens is 356 g/mol. The molecule has 0 bridgehead atoms. The zero-order chi connectivity index (χ0) is 20.1. The lowest BCUT2D eigenvalue weighted by Gasteiger charge is -2.40. The normalized spacial score (nSPS) is 21.7. The molecule has 0 N–H and O–H groups in total. The second kappa shape index (κ2) is 8.86. The molecule has 2 heterocycles. The third kappa shape index (κ3) is 4.61. The van der Waals surface area contributed by atoms with Crippen molar-refractivity contribution in [2.45, 2.75) is 52.6 Å². The molecule has 2 aliphatic heterocycles. The van der Waals surface area contributed by atoms with Gasteiger partial charge in [-0.15, -0.1) is 0 Å². The zero-order valence-electron chi connectivity index (χ0n) is 17.1. The maximum absolute atomic E-state index is 12.8. The van der Waals surface area contributed by atoms with Crippen molar-refractivity contribution in [3.8, 4) is 0 Å². The van der Waals surface area contributed by atoms with Gasteiger partial charge in [0.25, 0.3) is 0 Å². The van der Waals surface area contributed by atoms with Gasteiger partial charge in [-0.2, -0.15) is 0 Å². The second-order valence-electron chi connectivity index (χ2n) is 7.97. The Labute approximate surface area is 166 Å². The van der Waals surface area contributed by atoms with Crippen LogP contribution in [0.25, 0.3) is 0 Å². The standard InChI is InChI=1S/C22H30N2O4/c1-4-27-21(26)22(9-11-24(12-10-22)15-17(3)25)14-18-13-20(23-28-18)19-8-6-5-7-16(19)2/h5-8,18H,4,9-15H2,1-3H3. The number of benzene rings is 1. The quantitative estimate of drug-likeness (QED) is 0.674. The van der Waals surface area contributed by atoms with Crippen LogP contribution in [0.3, 0.4) is 0 Å². The molecule has 1 atom stereocenters. The second-order valence-corrected chi connectivity index (χ2v) is 7.97. The molecule has 0 amide bonds. The van der Waals surface area contributed by atoms with E-state index in [9.17, 15) is 9.59 Å². The SMILES string of the molecule is CCOC(=O)C1(CC2CC(c3ccccc3C)=NO2)CCN(CC(C)=O)CC1. The molecule has 1 aromatic rings. The van der Waals surface area contributed by atoms with E-state index in [0.717, 1.165) is 24.4 Å². The number of ether oxygens (including phenoxy) is 1. The summed E-state index contributed by atoms with van der Waals surface area (Å²) in [7, 11) is 0. The van der Waals surface area contributed by atoms with Gasteiger partial charge < -0.3 is 9.57 Å². The molecule has 6 nitrogen and oxygen atoms in total. The molecule has 3 rings (SSSR count). The molecule has 28 heavy (non-hydrogen) atoms. The van der Waals surface area contributed by atoms with E-state index >= 15 is 0 Å². The highest BCUT2D eigenvalue weighted by Crippen LogP contribution is 2.40. The summed E-state index contributed by atoms with van der Waals surface area (Å²) in [5, 5.41) is 4.31. The maximum atomic E-state index is 12.8. The predicted molar refractivity (Wildman–Crippen MR) is 107 cm³/mol. The molecular formula is C22H30N2O4. The number of rotatable bonds is 7. The van der Waals surface area contributed by atoms with Gasteiger partial charge in [0.15, 0.2) is 0 Å². The Hall–Kier alpha value is -2.21. The third-order valence-corrected chi connectivity index (χ3v) is 5.78. The number of oxime groups is 1. The molecule has 0 spiro atoms. The van der Waals surface area contributed by atoms with Gasteiger partial charge in [0.2, 0.25) is 0 Å². The molecule has 1 aromatic carbocycles. The van der Waals surface area contributed by atoms with E-state index in [4.69, 9.17) is 9.57 Å². The Kier molecular flexibility index (Phi) is 6.50. The number of nitrogens with zero attached hydrogens (tertiary/aromatic N) is 2. The van der Waals surface area contributed by atoms with Gasteiger partial charge >= 0.3 is 5.97 Å². The lowest BCUT2D eigenvalue weighted by molar-refractivity contribution is -0.161. The predicted octanol–water partition coefficient (Wildman–Crippen LogP) is 3.11. The van der Waals surface area contributed by atoms with E-state index in [1.54, 1.807) is 6.92 Å². The summed E-state index contributed by atoms with van der Waals surface area (Å²) in [6, 6.07) is 8.14. The van der Waals surface area contributed by atoms with Crippen LogP contribution in [0.4, 0.5) is 0 Å². The first-order chi connectivity index (χ1) is 13.4. The Balaban J connectivity index is 1.67. The average Bonchev–Trinajstić information content (AvgIpc) is 3.11. The lowest BCUT2D eigenvalue weighted by atomic mass is 9.73. The largest absolute Gasteiger partial charge is 0.466 e. The minimum Gasteiger partial charge on any atom is -0.466 e. The van der Waals surface area contributed by atoms with Crippen molar-refractivity contribution in [3.05, 3.63) is 35.4 Å². The van der Waals surface area contributed by atoms with Gasteiger partial charge in [-0.05, 0) is 52.3 Å². The van der Waals surface area contributed by atoms with Gasteiger partial charge in [0.1, 0.15) is 11.9 Å². The van der Waals surface area contributed by atoms with Crippen molar-refractivity contribution >= 4 is 17.5 Å². The summed E-state index contributed by atoms with van der Waals surface area (Å²) in [4.78, 5) is 32.1. The van der Waals surface area contributed by atoms with Crippen LogP contribution >= 0.6 is 0 Å². The van der Waals surface area contributed by atoms with Crippen molar-refractivity contribution in [2.75, 3.05) is 26.2 Å². The maximum Gasteiger partial charge on any atom is 0.312 e. The van der Waals surface area contributed by atoms with E-state index < -0.39 is 5.41 Å². The number of carbonyl (C=O) groups excluding carboxylic acids is 2. The Bertz CT molecular complexity index is 751. The summed E-state index contributed by atoms with van der Waals surface area (Å²) < 4.78 is 5.42. The fourth-order valence-corrected chi connectivity index (χ4v) is 4.26. The number of carbonyl (C=O) groups is 2. The van der Waals surface area contributed by atoms with Crippen LogP contribution < -0.4 is 0 Å². The lowest BCUT2D eigenvalue weighted by Crippen LogP contribution is -2.47. The van der Waals surface area contributed by atoms with E-state index in [0.29, 0.717) is 38.8 Å². The summed E-state index contributed by atoms with van der Waals surface area (Å²) in [6.07, 6.45) is 2.53. The van der Waals surface area contributed by atoms with Crippen molar-refractivity contribution in [1.82, 2.24) is 4.90 Å². The van der Waals surface area contributed by atoms with Crippen LogP contribution in [0.2, 0.25) is 0 Å². The Morgan fingerprint density at radius 3 is 2.64 bits per heavy atom. The van der Waals surface area contributed by atoms with Gasteiger partial charge in [-0.1, -0.05) is 29.4 Å². The molecule has 1 unspecified atom stereocenters. The van der Waals surface area contributed by atoms with Crippen molar-refractivity contribution in [2.24, 2.45) is 10.6 Å². The van der Waals surface area contributed by atoms with E-state index in [1.165, 1.54) is 5.56 Å². The zero-order valence-corrected chi connectivity index (χ0v) is 17.1. The average molecular weight is 386 g/mol. The smallest absolute Gasteiger partial charge is 0.312 e. The first-order valence-electron chi connectivity index (χ1n) is 10.1. The topological polar surface area (TPSA) is 68.2 Å². The number of hydrogen-bond donors (Lipinski definition) is 0. The monoisotopic (exact) mass is 386 g/mol. The Morgan fingerprint density at radius 1 is 1.29 bits per heavy atom. The van der Waals surface area contributed by atoms with Crippen LogP contribution in [-0.4, -0.2) is 54.7 Å².